The monoisotopic (exact) mass is 288 g/mol. The molecule has 4 nitrogen and oxygen atoms in total. The van der Waals surface area contributed by atoms with E-state index in [0.717, 1.165) is 5.56 Å². The van der Waals surface area contributed by atoms with Crippen LogP contribution in [0.1, 0.15) is 16.1 Å². The van der Waals surface area contributed by atoms with Gasteiger partial charge in [-0.15, -0.1) is 6.58 Å². The van der Waals surface area contributed by atoms with Crippen LogP contribution in [0.4, 0.5) is 0 Å². The number of rotatable bonds is 6. The van der Waals surface area contributed by atoms with Gasteiger partial charge in [0.25, 0.3) is 5.91 Å². The number of methoxy groups -OCH3 is 1. The maximum absolute atomic E-state index is 12.5. The van der Waals surface area contributed by atoms with Crippen molar-refractivity contribution in [2.45, 2.75) is 6.54 Å². The Labute approximate surface area is 122 Å². The van der Waals surface area contributed by atoms with Crippen LogP contribution < -0.4 is 4.74 Å². The molecule has 0 N–H and O–H groups in total. The molecule has 0 saturated carbocycles. The van der Waals surface area contributed by atoms with Gasteiger partial charge in [0, 0.05) is 25.4 Å². The Balaban J connectivity index is 2.19. The van der Waals surface area contributed by atoms with Crippen molar-refractivity contribution in [1.29, 1.82) is 0 Å². The van der Waals surface area contributed by atoms with Gasteiger partial charge in [0.2, 0.25) is 0 Å². The number of carbonyl (C=O) groups is 1. The van der Waals surface area contributed by atoms with Crippen LogP contribution in [0.15, 0.2) is 47.8 Å². The molecule has 5 heteroatoms. The molecule has 0 atom stereocenters. The van der Waals surface area contributed by atoms with Gasteiger partial charge in [-0.3, -0.25) is 9.78 Å². The number of aromatic nitrogens is 1. The smallest absolute Gasteiger partial charge is 0.273 e. The molecule has 0 spiro atoms. The number of pyridine rings is 1. The third-order valence-electron chi connectivity index (χ3n) is 2.78. The van der Waals surface area contributed by atoms with Crippen LogP contribution >= 0.6 is 11.3 Å². The summed E-state index contributed by atoms with van der Waals surface area (Å²) in [6.07, 6.45) is 3.28. The third kappa shape index (κ3) is 3.45. The summed E-state index contributed by atoms with van der Waals surface area (Å²) < 4.78 is 5.12. The van der Waals surface area contributed by atoms with Gasteiger partial charge in [-0.1, -0.05) is 6.08 Å². The lowest BCUT2D eigenvalue weighted by atomic mass is 10.2. The number of carbonyl (C=O) groups excluding carboxylic acids is 1. The third-order valence-corrected chi connectivity index (χ3v) is 3.51. The molecule has 0 aliphatic carbocycles. The van der Waals surface area contributed by atoms with Crippen LogP contribution in [-0.2, 0) is 6.54 Å². The average Bonchev–Trinajstić information content (AvgIpc) is 2.99. The fourth-order valence-electron chi connectivity index (χ4n) is 1.80. The maximum atomic E-state index is 12.5. The zero-order valence-corrected chi connectivity index (χ0v) is 12.1. The number of thiophene rings is 1. The second kappa shape index (κ2) is 6.86. The Bertz CT molecular complexity index is 581. The van der Waals surface area contributed by atoms with E-state index in [1.54, 1.807) is 47.8 Å². The molecule has 0 aromatic carbocycles. The van der Waals surface area contributed by atoms with Crippen LogP contribution in [0.5, 0.6) is 5.75 Å². The van der Waals surface area contributed by atoms with E-state index in [9.17, 15) is 4.79 Å². The van der Waals surface area contributed by atoms with E-state index < -0.39 is 0 Å². The minimum absolute atomic E-state index is 0.130. The van der Waals surface area contributed by atoms with Gasteiger partial charge < -0.3 is 9.64 Å². The maximum Gasteiger partial charge on any atom is 0.273 e. The number of ether oxygens (including phenoxy) is 1. The van der Waals surface area contributed by atoms with Crippen molar-refractivity contribution in [2.75, 3.05) is 13.7 Å². The van der Waals surface area contributed by atoms with Crippen LogP contribution in [-0.4, -0.2) is 29.4 Å². The lowest BCUT2D eigenvalue weighted by Gasteiger charge is -2.20. The molecular weight excluding hydrogens is 272 g/mol. The molecule has 0 bridgehead atoms. The fourth-order valence-corrected chi connectivity index (χ4v) is 2.46. The van der Waals surface area contributed by atoms with Gasteiger partial charge in [0.05, 0.1) is 7.11 Å². The van der Waals surface area contributed by atoms with E-state index in [4.69, 9.17) is 4.74 Å². The fraction of sp³-hybridized carbons (Fsp3) is 0.200. The van der Waals surface area contributed by atoms with Crippen molar-refractivity contribution in [1.82, 2.24) is 9.88 Å². The molecule has 0 radical (unpaired) electrons. The van der Waals surface area contributed by atoms with Gasteiger partial charge in [-0.2, -0.15) is 11.3 Å². The minimum atomic E-state index is -0.130. The van der Waals surface area contributed by atoms with Crippen LogP contribution in [0.2, 0.25) is 0 Å². The molecule has 20 heavy (non-hydrogen) atoms. The number of amides is 1. The molecule has 2 heterocycles. The molecule has 2 aromatic rings. The summed E-state index contributed by atoms with van der Waals surface area (Å²) in [6, 6.07) is 5.37. The highest BCUT2D eigenvalue weighted by molar-refractivity contribution is 7.07. The first kappa shape index (κ1) is 14.3. The van der Waals surface area contributed by atoms with Crippen molar-refractivity contribution in [3.63, 3.8) is 0 Å². The second-order valence-electron chi connectivity index (χ2n) is 4.19. The van der Waals surface area contributed by atoms with E-state index in [1.165, 1.54) is 0 Å². The molecule has 104 valence electrons. The minimum Gasteiger partial charge on any atom is -0.497 e. The van der Waals surface area contributed by atoms with E-state index in [2.05, 4.69) is 11.6 Å². The summed E-state index contributed by atoms with van der Waals surface area (Å²) in [7, 11) is 1.57. The summed E-state index contributed by atoms with van der Waals surface area (Å²) in [6.45, 7) is 4.73. The molecule has 0 aliphatic rings. The average molecular weight is 288 g/mol. The highest BCUT2D eigenvalue weighted by Gasteiger charge is 2.17. The van der Waals surface area contributed by atoms with Gasteiger partial charge in [0.1, 0.15) is 11.4 Å². The van der Waals surface area contributed by atoms with Gasteiger partial charge >= 0.3 is 0 Å². The predicted molar refractivity (Wildman–Crippen MR) is 80.0 cm³/mol. The summed E-state index contributed by atoms with van der Waals surface area (Å²) in [5.41, 5.74) is 1.48. The number of hydrogen-bond donors (Lipinski definition) is 0. The molecule has 0 saturated heterocycles. The van der Waals surface area contributed by atoms with E-state index in [0.29, 0.717) is 24.5 Å². The Kier molecular flexibility index (Phi) is 4.90. The number of nitrogens with zero attached hydrogens (tertiary/aromatic N) is 2. The molecule has 2 rings (SSSR count). The van der Waals surface area contributed by atoms with E-state index in [-0.39, 0.29) is 5.91 Å². The topological polar surface area (TPSA) is 42.4 Å². The largest absolute Gasteiger partial charge is 0.497 e. The van der Waals surface area contributed by atoms with Crippen LogP contribution in [0.3, 0.4) is 0 Å². The van der Waals surface area contributed by atoms with Crippen molar-refractivity contribution in [3.05, 3.63) is 59.1 Å². The predicted octanol–water partition coefficient (Wildman–Crippen LogP) is 2.98. The van der Waals surface area contributed by atoms with Crippen molar-refractivity contribution in [3.8, 4) is 5.75 Å². The zero-order valence-electron chi connectivity index (χ0n) is 11.3. The van der Waals surface area contributed by atoms with Crippen molar-refractivity contribution < 1.29 is 9.53 Å². The highest BCUT2D eigenvalue weighted by Crippen LogP contribution is 2.15. The number of hydrogen-bond acceptors (Lipinski definition) is 4. The first-order chi connectivity index (χ1) is 9.74. The lowest BCUT2D eigenvalue weighted by molar-refractivity contribution is 0.0756. The quantitative estimate of drug-likeness (QED) is 0.767. The van der Waals surface area contributed by atoms with Crippen molar-refractivity contribution in [2.24, 2.45) is 0 Å². The molecule has 2 aromatic heterocycles. The SMILES string of the molecule is C=CCN(Cc1ccsc1)C(=O)c1cc(OC)ccn1. The van der Waals surface area contributed by atoms with E-state index >= 15 is 0 Å². The molecule has 1 amide bonds. The lowest BCUT2D eigenvalue weighted by Crippen LogP contribution is -2.31. The normalized spacial score (nSPS) is 10.1. The van der Waals surface area contributed by atoms with Gasteiger partial charge in [0.15, 0.2) is 0 Å². The summed E-state index contributed by atoms with van der Waals surface area (Å²) in [5.74, 6) is 0.493. The second-order valence-corrected chi connectivity index (χ2v) is 4.97. The Morgan fingerprint density at radius 3 is 3.05 bits per heavy atom. The molecular formula is C15H16N2O2S. The summed E-state index contributed by atoms with van der Waals surface area (Å²) >= 11 is 1.61. The van der Waals surface area contributed by atoms with E-state index in [1.807, 2.05) is 16.8 Å². The molecule has 0 aliphatic heterocycles. The molecule has 0 fully saturated rings. The van der Waals surface area contributed by atoms with Crippen LogP contribution in [0, 0.1) is 0 Å². The highest BCUT2D eigenvalue weighted by atomic mass is 32.1. The Morgan fingerprint density at radius 2 is 2.40 bits per heavy atom. The molecule has 0 unspecified atom stereocenters. The Hall–Kier alpha value is -2.14. The first-order valence-corrected chi connectivity index (χ1v) is 7.10. The van der Waals surface area contributed by atoms with Crippen LogP contribution in [0.25, 0.3) is 0 Å². The summed E-state index contributed by atoms with van der Waals surface area (Å²) in [5, 5.41) is 4.03. The van der Waals surface area contributed by atoms with Gasteiger partial charge in [-0.25, -0.2) is 0 Å². The first-order valence-electron chi connectivity index (χ1n) is 6.16. The zero-order chi connectivity index (χ0) is 14.4. The summed E-state index contributed by atoms with van der Waals surface area (Å²) in [4.78, 5) is 18.3. The van der Waals surface area contributed by atoms with Crippen molar-refractivity contribution >= 4 is 17.2 Å². The standard InChI is InChI=1S/C15H16N2O2S/c1-3-7-17(10-12-5-8-20-11-12)15(18)14-9-13(19-2)4-6-16-14/h3-6,8-9,11H,1,7,10H2,2H3. The van der Waals surface area contributed by atoms with Gasteiger partial charge in [-0.05, 0) is 28.5 Å². The Morgan fingerprint density at radius 1 is 1.55 bits per heavy atom.